The number of amides is 2. The maximum atomic E-state index is 12.2. The van der Waals surface area contributed by atoms with Crippen molar-refractivity contribution >= 4 is 28.8 Å². The first-order valence-electron chi connectivity index (χ1n) is 5.83. The third kappa shape index (κ3) is 1.26. The standard InChI is InChI=1S/C13H9N3O2S/c1-13-12(18)16(13)11(17)10-8(15-13)6-9(19-10)7-2-4-14-5-3-7/h2-6,15H,1H3. The van der Waals surface area contributed by atoms with E-state index in [1.165, 1.54) is 16.2 Å². The predicted octanol–water partition coefficient (Wildman–Crippen LogP) is 1.93. The Hall–Kier alpha value is -2.21. The maximum Gasteiger partial charge on any atom is 0.278 e. The van der Waals surface area contributed by atoms with Crippen molar-refractivity contribution in [2.75, 3.05) is 5.32 Å². The zero-order valence-electron chi connectivity index (χ0n) is 10.0. The second kappa shape index (κ2) is 3.21. The van der Waals surface area contributed by atoms with E-state index < -0.39 is 5.66 Å². The Balaban J connectivity index is 1.81. The molecule has 1 atom stereocenters. The Morgan fingerprint density at radius 3 is 2.79 bits per heavy atom. The first-order chi connectivity index (χ1) is 9.11. The van der Waals surface area contributed by atoms with Crippen LogP contribution in [0.3, 0.4) is 0 Å². The summed E-state index contributed by atoms with van der Waals surface area (Å²) in [6.45, 7) is 1.72. The van der Waals surface area contributed by atoms with Crippen molar-refractivity contribution in [3.8, 4) is 10.4 Å². The van der Waals surface area contributed by atoms with Crippen LogP contribution in [0, 0.1) is 0 Å². The summed E-state index contributed by atoms with van der Waals surface area (Å²) in [6, 6.07) is 5.71. The number of anilines is 1. The van der Waals surface area contributed by atoms with E-state index in [2.05, 4.69) is 10.3 Å². The van der Waals surface area contributed by atoms with E-state index >= 15 is 0 Å². The average molecular weight is 271 g/mol. The number of hydrogen-bond donors (Lipinski definition) is 1. The lowest BCUT2D eigenvalue weighted by Gasteiger charge is -2.17. The van der Waals surface area contributed by atoms with Crippen LogP contribution in [0.1, 0.15) is 16.6 Å². The third-order valence-electron chi connectivity index (χ3n) is 3.49. The number of hydrogen-bond acceptors (Lipinski definition) is 5. The molecule has 1 fully saturated rings. The summed E-state index contributed by atoms with van der Waals surface area (Å²) < 4.78 is 0. The Kier molecular flexibility index (Phi) is 1.81. The SMILES string of the molecule is CC12Nc3cc(-c4ccncc4)sc3C(=O)N1C2=O. The molecule has 0 spiro atoms. The molecule has 2 aliphatic rings. The Morgan fingerprint density at radius 2 is 2.05 bits per heavy atom. The molecule has 2 aromatic rings. The smallest absolute Gasteiger partial charge is 0.278 e. The Bertz CT molecular complexity index is 725. The quantitative estimate of drug-likeness (QED) is 0.636. The minimum absolute atomic E-state index is 0.161. The molecule has 2 aliphatic heterocycles. The fourth-order valence-electron chi connectivity index (χ4n) is 2.38. The summed E-state index contributed by atoms with van der Waals surface area (Å²) in [7, 11) is 0. The molecule has 19 heavy (non-hydrogen) atoms. The topological polar surface area (TPSA) is 62.1 Å². The zero-order chi connectivity index (χ0) is 13.2. The highest BCUT2D eigenvalue weighted by Gasteiger charge is 2.66. The van der Waals surface area contributed by atoms with Crippen LogP contribution in [0.2, 0.25) is 0 Å². The van der Waals surface area contributed by atoms with Gasteiger partial charge < -0.3 is 5.32 Å². The molecular formula is C13H9N3O2S. The van der Waals surface area contributed by atoms with Crippen LogP contribution in [-0.4, -0.2) is 27.4 Å². The van der Waals surface area contributed by atoms with Crippen LogP contribution < -0.4 is 5.32 Å². The number of carbonyl (C=O) groups excluding carboxylic acids is 2. The molecule has 0 bridgehead atoms. The van der Waals surface area contributed by atoms with Crippen LogP contribution in [0.15, 0.2) is 30.6 Å². The number of pyridine rings is 1. The molecule has 4 heterocycles. The van der Waals surface area contributed by atoms with Crippen LogP contribution in [0.5, 0.6) is 0 Å². The molecule has 4 rings (SSSR count). The molecule has 0 radical (unpaired) electrons. The molecular weight excluding hydrogens is 262 g/mol. The summed E-state index contributed by atoms with van der Waals surface area (Å²) in [5.41, 5.74) is 0.927. The number of imide groups is 1. The molecule has 94 valence electrons. The van der Waals surface area contributed by atoms with Crippen molar-refractivity contribution in [2.45, 2.75) is 12.6 Å². The van der Waals surface area contributed by atoms with Gasteiger partial charge in [-0.3, -0.25) is 14.6 Å². The van der Waals surface area contributed by atoms with Gasteiger partial charge in [0.2, 0.25) is 0 Å². The lowest BCUT2D eigenvalue weighted by Crippen LogP contribution is -2.33. The van der Waals surface area contributed by atoms with Gasteiger partial charge in [0.1, 0.15) is 4.88 Å². The summed E-state index contributed by atoms with van der Waals surface area (Å²) in [4.78, 5) is 30.6. The number of thiophene rings is 1. The molecule has 1 N–H and O–H groups in total. The highest BCUT2D eigenvalue weighted by atomic mass is 32.1. The van der Waals surface area contributed by atoms with Gasteiger partial charge in [-0.25, -0.2) is 4.90 Å². The van der Waals surface area contributed by atoms with Crippen LogP contribution in [0.4, 0.5) is 5.69 Å². The van der Waals surface area contributed by atoms with Gasteiger partial charge in [0.15, 0.2) is 5.66 Å². The largest absolute Gasteiger partial charge is 0.353 e. The van der Waals surface area contributed by atoms with E-state index in [0.29, 0.717) is 4.88 Å². The Labute approximate surface area is 112 Å². The molecule has 1 unspecified atom stereocenters. The minimum Gasteiger partial charge on any atom is -0.353 e. The first kappa shape index (κ1) is 10.7. The van der Waals surface area contributed by atoms with Crippen LogP contribution in [0.25, 0.3) is 10.4 Å². The van der Waals surface area contributed by atoms with Gasteiger partial charge in [0.05, 0.1) is 5.69 Å². The first-order valence-corrected chi connectivity index (χ1v) is 6.64. The molecule has 2 aromatic heterocycles. The molecule has 0 saturated carbocycles. The van der Waals surface area contributed by atoms with E-state index in [-0.39, 0.29) is 11.8 Å². The highest BCUT2D eigenvalue weighted by molar-refractivity contribution is 7.18. The lowest BCUT2D eigenvalue weighted by atomic mass is 10.2. The van der Waals surface area contributed by atoms with E-state index in [1.807, 2.05) is 18.2 Å². The Morgan fingerprint density at radius 1 is 1.32 bits per heavy atom. The summed E-state index contributed by atoms with van der Waals surface area (Å²) >= 11 is 1.39. The van der Waals surface area contributed by atoms with Crippen LogP contribution >= 0.6 is 11.3 Å². The minimum atomic E-state index is -0.833. The average Bonchev–Trinajstić information content (AvgIpc) is 2.78. The highest BCUT2D eigenvalue weighted by Crippen LogP contribution is 2.47. The van der Waals surface area contributed by atoms with E-state index in [1.54, 1.807) is 19.3 Å². The van der Waals surface area contributed by atoms with Gasteiger partial charge in [-0.2, -0.15) is 0 Å². The van der Waals surface area contributed by atoms with Gasteiger partial charge in [-0.05, 0) is 30.7 Å². The monoisotopic (exact) mass is 271 g/mol. The normalized spacial score (nSPS) is 23.7. The van der Waals surface area contributed by atoms with E-state index in [9.17, 15) is 9.59 Å². The molecule has 2 amide bonds. The second-order valence-electron chi connectivity index (χ2n) is 4.73. The number of carbonyl (C=O) groups is 2. The molecule has 1 saturated heterocycles. The molecule has 6 heteroatoms. The van der Waals surface area contributed by atoms with Crippen molar-refractivity contribution in [2.24, 2.45) is 0 Å². The van der Waals surface area contributed by atoms with Crippen molar-refractivity contribution < 1.29 is 9.59 Å². The lowest BCUT2D eigenvalue weighted by molar-refractivity contribution is -0.113. The van der Waals surface area contributed by atoms with Gasteiger partial charge >= 0.3 is 0 Å². The van der Waals surface area contributed by atoms with Crippen LogP contribution in [-0.2, 0) is 4.79 Å². The summed E-state index contributed by atoms with van der Waals surface area (Å²) in [5, 5.41) is 3.13. The maximum absolute atomic E-state index is 12.2. The number of nitrogens with one attached hydrogen (secondary N) is 1. The number of aromatic nitrogens is 1. The van der Waals surface area contributed by atoms with E-state index in [4.69, 9.17) is 0 Å². The van der Waals surface area contributed by atoms with Gasteiger partial charge in [-0.1, -0.05) is 0 Å². The summed E-state index contributed by atoms with van der Waals surface area (Å²) in [5.74, 6) is -0.363. The fraction of sp³-hybridized carbons (Fsp3) is 0.154. The van der Waals surface area contributed by atoms with Gasteiger partial charge in [0.25, 0.3) is 11.8 Å². The van der Waals surface area contributed by atoms with Crippen molar-refractivity contribution in [1.82, 2.24) is 9.88 Å². The van der Waals surface area contributed by atoms with Gasteiger partial charge in [0, 0.05) is 17.3 Å². The van der Waals surface area contributed by atoms with Crippen molar-refractivity contribution in [3.63, 3.8) is 0 Å². The number of nitrogens with zero attached hydrogens (tertiary/aromatic N) is 2. The number of fused-ring (bicyclic) bond motifs is 2. The van der Waals surface area contributed by atoms with Crippen molar-refractivity contribution in [3.05, 3.63) is 35.5 Å². The predicted molar refractivity (Wildman–Crippen MR) is 70.8 cm³/mol. The zero-order valence-corrected chi connectivity index (χ0v) is 10.8. The fourth-order valence-corrected chi connectivity index (χ4v) is 3.43. The molecule has 0 aromatic carbocycles. The second-order valence-corrected chi connectivity index (χ2v) is 5.78. The third-order valence-corrected chi connectivity index (χ3v) is 4.66. The van der Waals surface area contributed by atoms with Crippen molar-refractivity contribution in [1.29, 1.82) is 0 Å². The van der Waals surface area contributed by atoms with E-state index in [0.717, 1.165) is 16.1 Å². The summed E-state index contributed by atoms with van der Waals surface area (Å²) in [6.07, 6.45) is 3.43. The molecule has 0 aliphatic carbocycles. The van der Waals surface area contributed by atoms with Gasteiger partial charge in [-0.15, -0.1) is 11.3 Å². The number of rotatable bonds is 1. The molecule has 5 nitrogen and oxygen atoms in total.